The van der Waals surface area contributed by atoms with E-state index in [1.54, 1.807) is 19.4 Å². The van der Waals surface area contributed by atoms with Gasteiger partial charge in [0.2, 0.25) is 0 Å². The van der Waals surface area contributed by atoms with Crippen LogP contribution >= 0.6 is 11.6 Å². The second-order valence-corrected chi connectivity index (χ2v) is 10.5. The molecule has 0 aliphatic carbocycles. The van der Waals surface area contributed by atoms with Crippen LogP contribution in [-0.4, -0.2) is 47.7 Å². The second-order valence-electron chi connectivity index (χ2n) is 10.1. The van der Waals surface area contributed by atoms with E-state index in [2.05, 4.69) is 22.0 Å². The molecule has 3 aromatic rings. The van der Waals surface area contributed by atoms with Gasteiger partial charge >= 0.3 is 5.97 Å². The number of piperidine rings is 1. The first-order valence-electron chi connectivity index (χ1n) is 13.2. The van der Waals surface area contributed by atoms with E-state index in [0.29, 0.717) is 30.1 Å². The molecule has 0 saturated carbocycles. The summed E-state index contributed by atoms with van der Waals surface area (Å²) in [5.41, 5.74) is 2.68. The van der Waals surface area contributed by atoms with Gasteiger partial charge in [0.15, 0.2) is 0 Å². The standard InChI is InChI=1S/C30H36ClFN2O3/c1-37-25-10-12-29-27(19-25)26(14-16-33-29)28(32)11-6-22-15-18-34(20-23(22)7-13-30(35)36)17-2-3-21-4-8-24(31)9-5-21/h4-5,8-10,12,14,16,19,22-23,28H,2-3,6-7,11,13,15,17-18,20H2,1H3,(H,35,36)/t22-,23-,28-/m1/s1. The van der Waals surface area contributed by atoms with Crippen LogP contribution in [-0.2, 0) is 11.2 Å². The van der Waals surface area contributed by atoms with Gasteiger partial charge in [-0.15, -0.1) is 0 Å². The summed E-state index contributed by atoms with van der Waals surface area (Å²) in [4.78, 5) is 18.1. The topological polar surface area (TPSA) is 62.7 Å². The van der Waals surface area contributed by atoms with Crippen LogP contribution < -0.4 is 4.74 Å². The SMILES string of the molecule is COc1ccc2nccc([C@H](F)CC[C@@H]3CCN(CCCc4ccc(Cl)cc4)C[C@H]3CCC(=O)O)c2c1. The number of carboxylic acid groups (broad SMARTS) is 1. The van der Waals surface area contributed by atoms with Gasteiger partial charge in [-0.2, -0.15) is 0 Å². The molecule has 0 bridgehead atoms. The summed E-state index contributed by atoms with van der Waals surface area (Å²) in [6, 6.07) is 15.3. The molecular weight excluding hydrogens is 491 g/mol. The zero-order valence-electron chi connectivity index (χ0n) is 21.4. The summed E-state index contributed by atoms with van der Waals surface area (Å²) in [7, 11) is 1.60. The number of pyridine rings is 1. The average molecular weight is 527 g/mol. The highest BCUT2D eigenvalue weighted by molar-refractivity contribution is 6.30. The minimum Gasteiger partial charge on any atom is -0.497 e. The molecule has 0 radical (unpaired) electrons. The molecule has 7 heteroatoms. The Morgan fingerprint density at radius 3 is 2.76 bits per heavy atom. The quantitative estimate of drug-likeness (QED) is 0.272. The maximum Gasteiger partial charge on any atom is 0.303 e. The van der Waals surface area contributed by atoms with Crippen molar-refractivity contribution in [2.45, 2.75) is 51.1 Å². The van der Waals surface area contributed by atoms with Crippen LogP contribution in [0.3, 0.4) is 0 Å². The Kier molecular flexibility index (Phi) is 9.75. The molecule has 1 aliphatic heterocycles. The molecule has 4 rings (SSSR count). The zero-order valence-corrected chi connectivity index (χ0v) is 22.2. The van der Waals surface area contributed by atoms with E-state index in [0.717, 1.165) is 61.2 Å². The predicted molar refractivity (Wildman–Crippen MR) is 146 cm³/mol. The van der Waals surface area contributed by atoms with E-state index in [1.165, 1.54) is 5.56 Å². The Balaban J connectivity index is 1.34. The Hall–Kier alpha value is -2.70. The Morgan fingerprint density at radius 2 is 2.00 bits per heavy atom. The number of rotatable bonds is 12. The number of hydrogen-bond donors (Lipinski definition) is 1. The lowest BCUT2D eigenvalue weighted by atomic mass is 9.79. The molecule has 2 aromatic carbocycles. The van der Waals surface area contributed by atoms with Gasteiger partial charge in [0, 0.05) is 29.6 Å². The number of fused-ring (bicyclic) bond motifs is 1. The highest BCUT2D eigenvalue weighted by Gasteiger charge is 2.30. The number of alkyl halides is 1. The lowest BCUT2D eigenvalue weighted by Crippen LogP contribution is -2.41. The number of carboxylic acids is 1. The number of ether oxygens (including phenoxy) is 1. The molecule has 5 nitrogen and oxygen atoms in total. The van der Waals surface area contributed by atoms with Crippen LogP contribution in [0.4, 0.5) is 4.39 Å². The van der Waals surface area contributed by atoms with Crippen molar-refractivity contribution in [3.63, 3.8) is 0 Å². The number of hydrogen-bond acceptors (Lipinski definition) is 4. The summed E-state index contributed by atoms with van der Waals surface area (Å²) in [6.07, 6.45) is 5.54. The molecule has 198 valence electrons. The molecule has 37 heavy (non-hydrogen) atoms. The van der Waals surface area contributed by atoms with Gasteiger partial charge in [-0.25, -0.2) is 4.39 Å². The normalized spacial score (nSPS) is 19.1. The summed E-state index contributed by atoms with van der Waals surface area (Å²) >= 11 is 5.99. The molecule has 1 aliphatic rings. The number of likely N-dealkylation sites (tertiary alicyclic amines) is 1. The summed E-state index contributed by atoms with van der Waals surface area (Å²) < 4.78 is 20.9. The molecule has 0 spiro atoms. The fraction of sp³-hybridized carbons (Fsp3) is 0.467. The van der Waals surface area contributed by atoms with Gasteiger partial charge in [-0.1, -0.05) is 23.7 Å². The number of aliphatic carboxylic acids is 1. The van der Waals surface area contributed by atoms with Gasteiger partial charge in [-0.05, 0) is 111 Å². The van der Waals surface area contributed by atoms with Gasteiger partial charge < -0.3 is 14.7 Å². The molecule has 3 atom stereocenters. The van der Waals surface area contributed by atoms with Crippen LogP contribution in [0.2, 0.25) is 5.02 Å². The Labute approximate surface area is 223 Å². The highest BCUT2D eigenvalue weighted by Crippen LogP contribution is 2.36. The van der Waals surface area contributed by atoms with Crippen LogP contribution in [0.1, 0.15) is 55.8 Å². The number of halogens is 2. The van der Waals surface area contributed by atoms with Crippen molar-refractivity contribution in [1.82, 2.24) is 9.88 Å². The summed E-state index contributed by atoms with van der Waals surface area (Å²) in [6.45, 7) is 2.83. The predicted octanol–water partition coefficient (Wildman–Crippen LogP) is 7.12. The van der Waals surface area contributed by atoms with E-state index in [-0.39, 0.29) is 12.3 Å². The van der Waals surface area contributed by atoms with Crippen molar-refractivity contribution >= 4 is 28.5 Å². The number of benzene rings is 2. The maximum atomic E-state index is 15.5. The fourth-order valence-electron chi connectivity index (χ4n) is 5.60. The highest BCUT2D eigenvalue weighted by atomic mass is 35.5. The van der Waals surface area contributed by atoms with Crippen molar-refractivity contribution in [3.05, 3.63) is 70.9 Å². The minimum absolute atomic E-state index is 0.160. The smallest absolute Gasteiger partial charge is 0.303 e. The molecule has 0 unspecified atom stereocenters. The monoisotopic (exact) mass is 526 g/mol. The lowest BCUT2D eigenvalue weighted by Gasteiger charge is -2.39. The van der Waals surface area contributed by atoms with Crippen molar-refractivity contribution < 1.29 is 19.0 Å². The lowest BCUT2D eigenvalue weighted by molar-refractivity contribution is -0.137. The summed E-state index contributed by atoms with van der Waals surface area (Å²) in [5.74, 6) is 0.514. The molecule has 1 saturated heterocycles. The van der Waals surface area contributed by atoms with Crippen LogP contribution in [0.5, 0.6) is 5.75 Å². The molecule has 0 amide bonds. The first kappa shape index (κ1) is 27.3. The van der Waals surface area contributed by atoms with E-state index in [4.69, 9.17) is 16.3 Å². The van der Waals surface area contributed by atoms with Gasteiger partial charge in [0.05, 0.1) is 12.6 Å². The summed E-state index contributed by atoms with van der Waals surface area (Å²) in [5, 5.41) is 10.8. The van der Waals surface area contributed by atoms with Gasteiger partial charge in [0.25, 0.3) is 0 Å². The number of nitrogens with zero attached hydrogens (tertiary/aromatic N) is 2. The van der Waals surface area contributed by atoms with Crippen molar-refractivity contribution in [3.8, 4) is 5.75 Å². The van der Waals surface area contributed by atoms with Crippen LogP contribution in [0.25, 0.3) is 10.9 Å². The third-order valence-corrected chi connectivity index (χ3v) is 7.92. The number of methoxy groups -OCH3 is 1. The van der Waals surface area contributed by atoms with E-state index in [1.807, 2.05) is 30.3 Å². The molecule has 1 fully saturated rings. The third-order valence-electron chi connectivity index (χ3n) is 7.67. The largest absolute Gasteiger partial charge is 0.497 e. The van der Waals surface area contributed by atoms with E-state index >= 15 is 4.39 Å². The minimum atomic E-state index is -1.10. The van der Waals surface area contributed by atoms with Gasteiger partial charge in [-0.3, -0.25) is 9.78 Å². The Bertz CT molecular complexity index is 1170. The van der Waals surface area contributed by atoms with E-state index in [9.17, 15) is 9.90 Å². The number of carbonyl (C=O) groups is 1. The Morgan fingerprint density at radius 1 is 1.19 bits per heavy atom. The fourth-order valence-corrected chi connectivity index (χ4v) is 5.72. The number of aromatic nitrogens is 1. The van der Waals surface area contributed by atoms with Crippen LogP contribution in [0, 0.1) is 11.8 Å². The molecule has 2 heterocycles. The van der Waals surface area contributed by atoms with Crippen molar-refractivity contribution in [1.29, 1.82) is 0 Å². The first-order chi connectivity index (χ1) is 17.9. The third kappa shape index (κ3) is 7.65. The van der Waals surface area contributed by atoms with E-state index < -0.39 is 12.1 Å². The second kappa shape index (κ2) is 13.2. The average Bonchev–Trinajstić information content (AvgIpc) is 2.91. The molecule has 1 aromatic heterocycles. The van der Waals surface area contributed by atoms with Crippen LogP contribution in [0.15, 0.2) is 54.7 Å². The number of aryl methyl sites for hydroxylation is 1. The molecule has 1 N–H and O–H groups in total. The zero-order chi connectivity index (χ0) is 26.2. The first-order valence-corrected chi connectivity index (χ1v) is 13.6. The van der Waals surface area contributed by atoms with Gasteiger partial charge in [0.1, 0.15) is 11.9 Å². The maximum absolute atomic E-state index is 15.5. The van der Waals surface area contributed by atoms with Crippen molar-refractivity contribution in [2.75, 3.05) is 26.7 Å². The molecular formula is C30H36ClFN2O3. The van der Waals surface area contributed by atoms with Crippen molar-refractivity contribution in [2.24, 2.45) is 11.8 Å².